The predicted octanol–water partition coefficient (Wildman–Crippen LogP) is 4.52. The molecule has 0 spiro atoms. The molecule has 0 aliphatic rings. The smallest absolute Gasteiger partial charge is 0.204 e. The summed E-state index contributed by atoms with van der Waals surface area (Å²) in [6.45, 7) is 2.07. The van der Waals surface area contributed by atoms with Gasteiger partial charge in [0.25, 0.3) is 0 Å². The van der Waals surface area contributed by atoms with Gasteiger partial charge in [-0.3, -0.25) is 5.43 Å². The van der Waals surface area contributed by atoms with Crippen LogP contribution in [0.4, 0.5) is 5.13 Å². The maximum absolute atomic E-state index is 9.35. The molecule has 0 bridgehead atoms. The normalized spacial score (nSPS) is 11.3. The van der Waals surface area contributed by atoms with E-state index in [2.05, 4.69) is 44.4 Å². The summed E-state index contributed by atoms with van der Waals surface area (Å²) in [5, 5.41) is 14.3. The van der Waals surface area contributed by atoms with Crippen molar-refractivity contribution < 1.29 is 5.11 Å². The third kappa shape index (κ3) is 3.06. The monoisotopic (exact) mass is 361 g/mol. The number of nitrogens with one attached hydrogen (secondary N) is 1. The van der Waals surface area contributed by atoms with Crippen molar-refractivity contribution in [2.75, 3.05) is 5.43 Å². The predicted molar refractivity (Wildman–Crippen MR) is 91.4 cm³/mol. The highest BCUT2D eigenvalue weighted by Crippen LogP contribution is 2.28. The van der Waals surface area contributed by atoms with Crippen LogP contribution in [0, 0.1) is 6.92 Å². The molecule has 0 fully saturated rings. The largest absolute Gasteiger partial charge is 0.508 e. The van der Waals surface area contributed by atoms with Crippen molar-refractivity contribution in [3.8, 4) is 5.75 Å². The minimum absolute atomic E-state index is 0.216. The molecule has 0 saturated heterocycles. The van der Waals surface area contributed by atoms with Crippen molar-refractivity contribution in [1.82, 2.24) is 4.98 Å². The van der Waals surface area contributed by atoms with Crippen LogP contribution in [0.15, 0.2) is 46.0 Å². The molecule has 4 nitrogen and oxygen atoms in total. The molecular weight excluding hydrogens is 350 g/mol. The minimum Gasteiger partial charge on any atom is -0.508 e. The topological polar surface area (TPSA) is 57.5 Å². The number of phenolic OH excluding ortho intramolecular Hbond substituents is 1. The van der Waals surface area contributed by atoms with Crippen molar-refractivity contribution in [3.05, 3.63) is 52.0 Å². The lowest BCUT2D eigenvalue weighted by Gasteiger charge is -1.98. The summed E-state index contributed by atoms with van der Waals surface area (Å²) in [7, 11) is 0. The average Bonchev–Trinajstić information content (AvgIpc) is 2.86. The summed E-state index contributed by atoms with van der Waals surface area (Å²) in [6, 6.07) is 11.1. The van der Waals surface area contributed by atoms with Crippen molar-refractivity contribution >= 4 is 48.8 Å². The summed E-state index contributed by atoms with van der Waals surface area (Å²) >= 11 is 4.96. The molecule has 106 valence electrons. The third-order valence-corrected chi connectivity index (χ3v) is 4.76. The highest BCUT2D eigenvalue weighted by atomic mass is 79.9. The first-order valence-corrected chi connectivity index (χ1v) is 7.88. The number of fused-ring (bicyclic) bond motifs is 1. The van der Waals surface area contributed by atoms with Crippen LogP contribution in [0.3, 0.4) is 0 Å². The van der Waals surface area contributed by atoms with Gasteiger partial charge < -0.3 is 5.11 Å². The molecule has 21 heavy (non-hydrogen) atoms. The Morgan fingerprint density at radius 2 is 2.19 bits per heavy atom. The number of hydrogen-bond acceptors (Lipinski definition) is 5. The maximum atomic E-state index is 9.35. The molecule has 6 heteroatoms. The van der Waals surface area contributed by atoms with E-state index in [1.54, 1.807) is 35.8 Å². The SMILES string of the molecule is Cc1cccc2nc(N/N=C/c3ccc(O)cc3Br)sc12. The molecule has 1 aromatic heterocycles. The van der Waals surface area contributed by atoms with E-state index in [1.165, 1.54) is 10.3 Å². The quantitative estimate of drug-likeness (QED) is 0.532. The van der Waals surface area contributed by atoms with E-state index in [-0.39, 0.29) is 5.75 Å². The molecule has 0 aliphatic carbocycles. The number of hydrazone groups is 1. The fraction of sp³-hybridized carbons (Fsp3) is 0.0667. The summed E-state index contributed by atoms with van der Waals surface area (Å²) < 4.78 is 1.95. The Balaban J connectivity index is 1.79. The average molecular weight is 362 g/mol. The first kappa shape index (κ1) is 14.0. The van der Waals surface area contributed by atoms with Crippen LogP contribution < -0.4 is 5.43 Å². The fourth-order valence-electron chi connectivity index (χ4n) is 1.91. The number of nitrogens with zero attached hydrogens (tertiary/aromatic N) is 2. The molecule has 3 rings (SSSR count). The number of phenols is 1. The second kappa shape index (κ2) is 5.83. The van der Waals surface area contributed by atoms with E-state index in [1.807, 2.05) is 12.1 Å². The van der Waals surface area contributed by atoms with E-state index < -0.39 is 0 Å². The van der Waals surface area contributed by atoms with Gasteiger partial charge in [0, 0.05) is 10.0 Å². The van der Waals surface area contributed by atoms with Crippen molar-refractivity contribution in [2.24, 2.45) is 5.10 Å². The van der Waals surface area contributed by atoms with Crippen molar-refractivity contribution in [2.45, 2.75) is 6.92 Å². The summed E-state index contributed by atoms with van der Waals surface area (Å²) in [5.74, 6) is 0.216. The molecule has 0 atom stereocenters. The Hall–Kier alpha value is -1.92. The van der Waals surface area contributed by atoms with Crippen LogP contribution in [0.1, 0.15) is 11.1 Å². The number of aromatic hydroxyl groups is 1. The number of halogens is 1. The Labute approximate surface area is 134 Å². The molecule has 0 unspecified atom stereocenters. The Morgan fingerprint density at radius 1 is 1.33 bits per heavy atom. The number of hydrogen-bond donors (Lipinski definition) is 2. The number of anilines is 1. The number of aromatic nitrogens is 1. The van der Waals surface area contributed by atoms with E-state index in [0.717, 1.165) is 20.7 Å². The summed E-state index contributed by atoms with van der Waals surface area (Å²) in [5.41, 5.74) is 6.00. The highest BCUT2D eigenvalue weighted by Gasteiger charge is 2.04. The zero-order chi connectivity index (χ0) is 14.8. The van der Waals surface area contributed by atoms with Crippen LogP contribution in [0.2, 0.25) is 0 Å². The first-order chi connectivity index (χ1) is 10.1. The molecule has 3 aromatic rings. The molecular formula is C15H12BrN3OS. The van der Waals surface area contributed by atoms with Gasteiger partial charge in [-0.05, 0) is 52.7 Å². The minimum atomic E-state index is 0.216. The Kier molecular flexibility index (Phi) is 3.90. The molecule has 1 heterocycles. The Morgan fingerprint density at radius 3 is 2.95 bits per heavy atom. The van der Waals surface area contributed by atoms with Crippen LogP contribution in [-0.4, -0.2) is 16.3 Å². The molecule has 2 aromatic carbocycles. The number of thiazole rings is 1. The molecule has 0 radical (unpaired) electrons. The van der Waals surface area contributed by atoms with Gasteiger partial charge in [0.2, 0.25) is 5.13 Å². The van der Waals surface area contributed by atoms with Gasteiger partial charge in [0.05, 0.1) is 16.4 Å². The summed E-state index contributed by atoms with van der Waals surface area (Å²) in [4.78, 5) is 4.48. The van der Waals surface area contributed by atoms with E-state index in [0.29, 0.717) is 0 Å². The zero-order valence-electron chi connectivity index (χ0n) is 11.2. The molecule has 0 amide bonds. The van der Waals surface area contributed by atoms with Gasteiger partial charge in [-0.1, -0.05) is 23.5 Å². The summed E-state index contributed by atoms with van der Waals surface area (Å²) in [6.07, 6.45) is 1.68. The van der Waals surface area contributed by atoms with Gasteiger partial charge in [0.15, 0.2) is 0 Å². The molecule has 0 saturated carbocycles. The van der Waals surface area contributed by atoms with Crippen LogP contribution in [0.5, 0.6) is 5.75 Å². The zero-order valence-corrected chi connectivity index (χ0v) is 13.6. The van der Waals surface area contributed by atoms with Gasteiger partial charge in [-0.15, -0.1) is 0 Å². The number of benzene rings is 2. The van der Waals surface area contributed by atoms with Gasteiger partial charge in [-0.25, -0.2) is 4.98 Å². The highest BCUT2D eigenvalue weighted by molar-refractivity contribution is 9.10. The third-order valence-electron chi connectivity index (χ3n) is 2.96. The first-order valence-electron chi connectivity index (χ1n) is 6.27. The van der Waals surface area contributed by atoms with E-state index in [4.69, 9.17) is 0 Å². The van der Waals surface area contributed by atoms with E-state index >= 15 is 0 Å². The lowest BCUT2D eigenvalue weighted by Crippen LogP contribution is -1.90. The second-order valence-electron chi connectivity index (χ2n) is 4.52. The van der Waals surface area contributed by atoms with Gasteiger partial charge in [-0.2, -0.15) is 5.10 Å². The second-order valence-corrected chi connectivity index (χ2v) is 6.37. The van der Waals surface area contributed by atoms with E-state index in [9.17, 15) is 5.11 Å². The number of rotatable bonds is 3. The molecule has 2 N–H and O–H groups in total. The van der Waals surface area contributed by atoms with Crippen LogP contribution >= 0.6 is 27.3 Å². The standard InChI is InChI=1S/C15H12BrN3OS/c1-9-3-2-4-13-14(9)21-15(18-13)19-17-8-10-5-6-11(20)7-12(10)16/h2-8,20H,1H3,(H,18,19)/b17-8+. The molecule has 0 aliphatic heterocycles. The number of aryl methyl sites for hydroxylation is 1. The van der Waals surface area contributed by atoms with Gasteiger partial charge in [0.1, 0.15) is 5.75 Å². The van der Waals surface area contributed by atoms with Crippen LogP contribution in [-0.2, 0) is 0 Å². The van der Waals surface area contributed by atoms with Crippen molar-refractivity contribution in [3.63, 3.8) is 0 Å². The lowest BCUT2D eigenvalue weighted by atomic mass is 10.2. The lowest BCUT2D eigenvalue weighted by molar-refractivity contribution is 0.475. The Bertz CT molecular complexity index is 829. The fourth-order valence-corrected chi connectivity index (χ4v) is 3.26. The van der Waals surface area contributed by atoms with Crippen LogP contribution in [0.25, 0.3) is 10.2 Å². The van der Waals surface area contributed by atoms with Gasteiger partial charge >= 0.3 is 0 Å². The van der Waals surface area contributed by atoms with Crippen molar-refractivity contribution in [1.29, 1.82) is 0 Å². The maximum Gasteiger partial charge on any atom is 0.204 e.